The second-order valence-electron chi connectivity index (χ2n) is 10.8. The average molecular weight is 540 g/mol. The summed E-state index contributed by atoms with van der Waals surface area (Å²) in [6, 6.07) is 21.6. The zero-order valence-corrected chi connectivity index (χ0v) is 23.9. The van der Waals surface area contributed by atoms with Gasteiger partial charge in [0.25, 0.3) is 0 Å². The van der Waals surface area contributed by atoms with Crippen molar-refractivity contribution in [2.45, 2.75) is 53.0 Å². The van der Waals surface area contributed by atoms with E-state index >= 15 is 0 Å². The van der Waals surface area contributed by atoms with Gasteiger partial charge < -0.3 is 11.1 Å². The van der Waals surface area contributed by atoms with Crippen LogP contribution < -0.4 is 11.1 Å². The second-order valence-corrected chi connectivity index (χ2v) is 10.8. The van der Waals surface area contributed by atoms with Gasteiger partial charge in [0, 0.05) is 48.9 Å². The number of nitrogens with one attached hydrogen (secondary N) is 1. The van der Waals surface area contributed by atoms with E-state index in [1.54, 1.807) is 0 Å². The molecule has 1 aliphatic rings. The Balaban J connectivity index is 0.00000118. The summed E-state index contributed by atoms with van der Waals surface area (Å²) in [5, 5.41) is 3.38. The number of carbonyl (C=O) groups excluding carboxylic acids is 2. The average Bonchev–Trinajstić information content (AvgIpc) is 3.38. The molecule has 7 nitrogen and oxygen atoms in total. The number of anilines is 1. The summed E-state index contributed by atoms with van der Waals surface area (Å²) >= 11 is 0. The van der Waals surface area contributed by atoms with E-state index in [9.17, 15) is 4.79 Å². The highest BCUT2D eigenvalue weighted by molar-refractivity contribution is 5.84. The molecule has 40 heavy (non-hydrogen) atoms. The van der Waals surface area contributed by atoms with Gasteiger partial charge in [-0.3, -0.25) is 18.9 Å². The van der Waals surface area contributed by atoms with Crippen LogP contribution in [0.1, 0.15) is 52.0 Å². The van der Waals surface area contributed by atoms with Crippen LogP contribution in [-0.4, -0.2) is 46.1 Å². The summed E-state index contributed by atoms with van der Waals surface area (Å²) in [6.07, 6.45) is 8.05. The van der Waals surface area contributed by atoms with Crippen LogP contribution in [0.5, 0.6) is 0 Å². The highest BCUT2D eigenvalue weighted by atomic mass is 16.1. The van der Waals surface area contributed by atoms with Crippen LogP contribution in [0.25, 0.3) is 28.0 Å². The van der Waals surface area contributed by atoms with Gasteiger partial charge in [-0.15, -0.1) is 0 Å². The van der Waals surface area contributed by atoms with Crippen molar-refractivity contribution in [3.05, 3.63) is 78.6 Å². The van der Waals surface area contributed by atoms with Crippen LogP contribution in [0.3, 0.4) is 0 Å². The lowest BCUT2D eigenvalue weighted by Crippen LogP contribution is -2.45. The molecule has 7 heteroatoms. The Bertz CT molecular complexity index is 1430. The van der Waals surface area contributed by atoms with E-state index in [1.165, 1.54) is 11.1 Å². The molecule has 2 aromatic heterocycles. The molecule has 210 valence electrons. The molecule has 1 unspecified atom stereocenters. The molecule has 0 aliphatic carbocycles. The van der Waals surface area contributed by atoms with Crippen molar-refractivity contribution in [2.24, 2.45) is 11.1 Å². The minimum Gasteiger partial charge on any atom is -0.385 e. The molecule has 3 N–H and O–H groups in total. The zero-order chi connectivity index (χ0) is 28.5. The predicted octanol–water partition coefficient (Wildman–Crippen LogP) is 6.17. The molecule has 5 rings (SSSR count). The van der Waals surface area contributed by atoms with E-state index in [2.05, 4.69) is 108 Å². The number of aromatic nitrogens is 2. The van der Waals surface area contributed by atoms with Gasteiger partial charge in [0.05, 0.1) is 11.9 Å². The van der Waals surface area contributed by atoms with Gasteiger partial charge in [-0.25, -0.2) is 4.98 Å². The predicted molar refractivity (Wildman–Crippen MR) is 163 cm³/mol. The SMILES string of the molecule is CCCC(=O)C1(C)CCCN(Cc2ccc(-c3ccn4c(-c5cccc(NCC)c5)cnc4c3)cc2)C1.NC=O. The molecule has 0 saturated carbocycles. The summed E-state index contributed by atoms with van der Waals surface area (Å²) < 4.78 is 2.15. The number of carbonyl (C=O) groups is 2. The first-order valence-electron chi connectivity index (χ1n) is 14.2. The van der Waals surface area contributed by atoms with E-state index in [1.807, 2.05) is 6.20 Å². The summed E-state index contributed by atoms with van der Waals surface area (Å²) in [7, 11) is 0. The molecule has 4 aromatic rings. The van der Waals surface area contributed by atoms with Gasteiger partial charge in [0.2, 0.25) is 6.41 Å². The van der Waals surface area contributed by atoms with Gasteiger partial charge in [-0.05, 0) is 73.7 Å². The third-order valence-electron chi connectivity index (χ3n) is 7.67. The number of nitrogens with zero attached hydrogens (tertiary/aromatic N) is 3. The smallest absolute Gasteiger partial charge is 0.204 e. The maximum Gasteiger partial charge on any atom is 0.204 e. The number of rotatable bonds is 9. The first kappa shape index (κ1) is 29.0. The van der Waals surface area contributed by atoms with Crippen LogP contribution in [0.2, 0.25) is 0 Å². The van der Waals surface area contributed by atoms with Crippen LogP contribution in [0.4, 0.5) is 5.69 Å². The van der Waals surface area contributed by atoms with Crippen molar-refractivity contribution in [1.29, 1.82) is 0 Å². The molecule has 3 heterocycles. The van der Waals surface area contributed by atoms with Crippen molar-refractivity contribution >= 4 is 23.5 Å². The number of likely N-dealkylation sites (tertiary alicyclic amines) is 1. The van der Waals surface area contributed by atoms with E-state index in [4.69, 9.17) is 9.78 Å². The summed E-state index contributed by atoms with van der Waals surface area (Å²) in [5.74, 6) is 0.429. The molecule has 0 bridgehead atoms. The number of fused-ring (bicyclic) bond motifs is 1. The standard InChI is InChI=1S/C32H38N4O.CH3NO/c1-4-8-30(37)32(3)16-7-17-35(23-32)22-24-11-13-25(14-12-24)26-15-18-36-29(21-34-31(36)20-26)27-9-6-10-28(19-27)33-5-2;2-1-3/h6,9-15,18-21,33H,4-5,7-8,16-17,22-23H2,1-3H3;1H,(H2,2,3). The third-order valence-corrected chi connectivity index (χ3v) is 7.67. The molecular weight excluding hydrogens is 498 g/mol. The summed E-state index contributed by atoms with van der Waals surface area (Å²) in [5.41, 5.74) is 11.9. The molecular formula is C33H41N5O2. The quantitative estimate of drug-likeness (QED) is 0.248. The van der Waals surface area contributed by atoms with Gasteiger partial charge in [-0.1, -0.05) is 50.2 Å². The van der Waals surface area contributed by atoms with Crippen molar-refractivity contribution in [3.8, 4) is 22.4 Å². The van der Waals surface area contributed by atoms with Crippen LogP contribution in [0, 0.1) is 5.41 Å². The first-order chi connectivity index (χ1) is 19.4. The van der Waals surface area contributed by atoms with Gasteiger partial charge in [0.1, 0.15) is 11.4 Å². The Morgan fingerprint density at radius 1 is 1.07 bits per heavy atom. The lowest BCUT2D eigenvalue weighted by molar-refractivity contribution is -0.131. The lowest BCUT2D eigenvalue weighted by atomic mass is 9.76. The number of ketones is 1. The molecule has 1 saturated heterocycles. The van der Waals surface area contributed by atoms with Crippen LogP contribution in [0.15, 0.2) is 73.1 Å². The first-order valence-corrected chi connectivity index (χ1v) is 14.2. The van der Waals surface area contributed by atoms with E-state index < -0.39 is 0 Å². The van der Waals surface area contributed by atoms with E-state index in [0.717, 1.165) is 73.6 Å². The normalized spacial score (nSPS) is 17.2. The Hall–Kier alpha value is -3.97. The maximum atomic E-state index is 12.7. The second kappa shape index (κ2) is 13.4. The summed E-state index contributed by atoms with van der Waals surface area (Å²) in [6.45, 7) is 10.1. The fraction of sp³-hybridized carbons (Fsp3) is 0.364. The molecule has 1 aliphatic heterocycles. The number of amides is 1. The van der Waals surface area contributed by atoms with Gasteiger partial charge in [0.15, 0.2) is 0 Å². The molecule has 1 atom stereocenters. The number of hydrogen-bond donors (Lipinski definition) is 2. The molecule has 2 aromatic carbocycles. The largest absolute Gasteiger partial charge is 0.385 e. The van der Waals surface area contributed by atoms with Crippen molar-refractivity contribution < 1.29 is 9.59 Å². The Morgan fingerprint density at radius 2 is 1.85 bits per heavy atom. The zero-order valence-electron chi connectivity index (χ0n) is 23.9. The Morgan fingerprint density at radius 3 is 2.58 bits per heavy atom. The van der Waals surface area contributed by atoms with Crippen molar-refractivity contribution in [3.63, 3.8) is 0 Å². The molecule has 1 fully saturated rings. The number of imidazole rings is 1. The number of piperidine rings is 1. The molecule has 0 spiro atoms. The minimum atomic E-state index is -0.194. The number of benzene rings is 2. The lowest BCUT2D eigenvalue weighted by Gasteiger charge is -2.39. The van der Waals surface area contributed by atoms with Crippen LogP contribution >= 0.6 is 0 Å². The fourth-order valence-electron chi connectivity index (χ4n) is 5.66. The Labute approximate surface area is 237 Å². The number of pyridine rings is 1. The van der Waals surface area contributed by atoms with E-state index in [-0.39, 0.29) is 11.8 Å². The van der Waals surface area contributed by atoms with Crippen molar-refractivity contribution in [2.75, 3.05) is 25.0 Å². The van der Waals surface area contributed by atoms with Crippen LogP contribution in [-0.2, 0) is 16.1 Å². The van der Waals surface area contributed by atoms with Gasteiger partial charge in [-0.2, -0.15) is 0 Å². The number of nitrogens with two attached hydrogens (primary N) is 1. The number of hydrogen-bond acceptors (Lipinski definition) is 5. The summed E-state index contributed by atoms with van der Waals surface area (Å²) in [4.78, 5) is 28.4. The minimum absolute atomic E-state index is 0.194. The Kier molecular flexibility index (Phi) is 9.72. The van der Waals surface area contributed by atoms with Gasteiger partial charge >= 0.3 is 0 Å². The van der Waals surface area contributed by atoms with Crippen molar-refractivity contribution in [1.82, 2.24) is 14.3 Å². The maximum absolute atomic E-state index is 12.7. The number of Topliss-reactive ketones (excluding diaryl/α,β-unsaturated/α-hetero) is 1. The fourth-order valence-corrected chi connectivity index (χ4v) is 5.66. The topological polar surface area (TPSA) is 92.7 Å². The number of primary amides is 1. The third kappa shape index (κ3) is 6.77. The monoisotopic (exact) mass is 539 g/mol. The van der Waals surface area contributed by atoms with E-state index in [0.29, 0.717) is 12.2 Å². The molecule has 1 amide bonds. The highest BCUT2D eigenvalue weighted by Crippen LogP contribution is 2.33. The highest BCUT2D eigenvalue weighted by Gasteiger charge is 2.36. The molecule has 0 radical (unpaired) electrons.